The Labute approximate surface area is 145 Å². The highest BCUT2D eigenvalue weighted by Gasteiger charge is 2.21. The van der Waals surface area contributed by atoms with Crippen LogP contribution in [0, 0.1) is 5.82 Å². The molecule has 5 nitrogen and oxygen atoms in total. The first-order chi connectivity index (χ1) is 12.0. The molecule has 1 atom stereocenters. The molecule has 2 aromatic carbocycles. The van der Waals surface area contributed by atoms with Gasteiger partial charge in [-0.15, -0.1) is 0 Å². The number of carboxylic acid groups (broad SMARTS) is 1. The zero-order chi connectivity index (χ0) is 18.2. The van der Waals surface area contributed by atoms with Gasteiger partial charge in [-0.2, -0.15) is 0 Å². The summed E-state index contributed by atoms with van der Waals surface area (Å²) in [5.74, 6) is -2.13. The molecule has 0 aliphatic rings. The van der Waals surface area contributed by atoms with Gasteiger partial charge in [0.05, 0.1) is 7.11 Å². The first kappa shape index (κ1) is 18.4. The number of amides is 1. The molecule has 2 aromatic rings. The molecule has 0 aliphatic carbocycles. The fourth-order valence-corrected chi connectivity index (χ4v) is 2.57. The summed E-state index contributed by atoms with van der Waals surface area (Å²) in [6.45, 7) is 0. The Balaban J connectivity index is 2.17. The van der Waals surface area contributed by atoms with Gasteiger partial charge in [0.1, 0.15) is 17.1 Å². The van der Waals surface area contributed by atoms with E-state index in [1.54, 1.807) is 0 Å². The number of halogens is 1. The molecule has 0 saturated heterocycles. The van der Waals surface area contributed by atoms with E-state index in [-0.39, 0.29) is 24.2 Å². The number of carboxylic acids is 1. The van der Waals surface area contributed by atoms with Crippen molar-refractivity contribution in [3.63, 3.8) is 0 Å². The highest BCUT2D eigenvalue weighted by atomic mass is 19.1. The Bertz CT molecular complexity index is 733. The fourth-order valence-electron chi connectivity index (χ4n) is 2.57. The number of aliphatic carboxylic acids is 1. The Morgan fingerprint density at radius 2 is 1.88 bits per heavy atom. The second-order valence-electron chi connectivity index (χ2n) is 5.61. The summed E-state index contributed by atoms with van der Waals surface area (Å²) in [4.78, 5) is 23.4. The summed E-state index contributed by atoms with van der Waals surface area (Å²) in [6.07, 6.45) is 0.607. The van der Waals surface area contributed by atoms with E-state index in [1.807, 2.05) is 30.3 Å². The van der Waals surface area contributed by atoms with Crippen LogP contribution in [0.1, 0.15) is 28.8 Å². The molecule has 25 heavy (non-hydrogen) atoms. The van der Waals surface area contributed by atoms with Crippen molar-refractivity contribution in [3.05, 3.63) is 65.5 Å². The van der Waals surface area contributed by atoms with Crippen LogP contribution in [0.3, 0.4) is 0 Å². The highest BCUT2D eigenvalue weighted by molar-refractivity contribution is 5.97. The standard InChI is InChI=1S/C19H20FNO4/c1-25-16-9-5-8-15(20)18(16)19(24)21-14(10-11-17(22)23)12-13-6-3-2-4-7-13/h2-9,14H,10-12H2,1H3,(H,21,24)(H,22,23). The third-order valence-corrected chi connectivity index (χ3v) is 3.79. The van der Waals surface area contributed by atoms with Crippen LogP contribution in [0.5, 0.6) is 5.75 Å². The molecule has 0 radical (unpaired) electrons. The quantitative estimate of drug-likeness (QED) is 0.771. The Hall–Kier alpha value is -2.89. The van der Waals surface area contributed by atoms with Crippen LogP contribution >= 0.6 is 0 Å². The molecule has 0 saturated carbocycles. The van der Waals surface area contributed by atoms with Crippen LogP contribution < -0.4 is 10.1 Å². The number of ether oxygens (including phenoxy) is 1. The van der Waals surface area contributed by atoms with Crippen molar-refractivity contribution in [3.8, 4) is 5.75 Å². The van der Waals surface area contributed by atoms with Crippen molar-refractivity contribution in [2.24, 2.45) is 0 Å². The van der Waals surface area contributed by atoms with Crippen molar-refractivity contribution in [2.75, 3.05) is 7.11 Å². The van der Waals surface area contributed by atoms with E-state index in [0.717, 1.165) is 5.56 Å². The summed E-state index contributed by atoms with van der Waals surface area (Å²) in [7, 11) is 1.36. The van der Waals surface area contributed by atoms with Gasteiger partial charge in [0, 0.05) is 12.5 Å². The molecule has 2 N–H and O–H groups in total. The van der Waals surface area contributed by atoms with Crippen LogP contribution in [0.15, 0.2) is 48.5 Å². The fraction of sp³-hybridized carbons (Fsp3) is 0.263. The summed E-state index contributed by atoms with van der Waals surface area (Å²) in [5, 5.41) is 11.6. The van der Waals surface area contributed by atoms with Crippen LogP contribution in [0.4, 0.5) is 4.39 Å². The monoisotopic (exact) mass is 345 g/mol. The molecule has 0 spiro atoms. The number of carbonyl (C=O) groups excluding carboxylic acids is 1. The molecule has 0 bridgehead atoms. The van der Waals surface area contributed by atoms with Gasteiger partial charge < -0.3 is 15.2 Å². The largest absolute Gasteiger partial charge is 0.496 e. The van der Waals surface area contributed by atoms with Crippen molar-refractivity contribution < 1.29 is 23.8 Å². The van der Waals surface area contributed by atoms with Crippen LogP contribution in [0.2, 0.25) is 0 Å². The van der Waals surface area contributed by atoms with Crippen molar-refractivity contribution >= 4 is 11.9 Å². The number of benzene rings is 2. The van der Waals surface area contributed by atoms with E-state index < -0.39 is 23.7 Å². The van der Waals surface area contributed by atoms with E-state index in [0.29, 0.717) is 6.42 Å². The Morgan fingerprint density at radius 3 is 2.52 bits per heavy atom. The number of hydrogen-bond acceptors (Lipinski definition) is 3. The van der Waals surface area contributed by atoms with Crippen LogP contribution in [0.25, 0.3) is 0 Å². The lowest BCUT2D eigenvalue weighted by Gasteiger charge is -2.19. The van der Waals surface area contributed by atoms with Crippen LogP contribution in [-0.2, 0) is 11.2 Å². The summed E-state index contributed by atoms with van der Waals surface area (Å²) in [5.41, 5.74) is 0.775. The van der Waals surface area contributed by atoms with Gasteiger partial charge in [-0.25, -0.2) is 4.39 Å². The number of carbonyl (C=O) groups is 2. The molecule has 1 amide bonds. The average molecular weight is 345 g/mol. The molecule has 0 fully saturated rings. The van der Waals surface area contributed by atoms with Gasteiger partial charge in [0.2, 0.25) is 0 Å². The lowest BCUT2D eigenvalue weighted by Crippen LogP contribution is -2.37. The molecule has 1 unspecified atom stereocenters. The highest BCUT2D eigenvalue weighted by Crippen LogP contribution is 2.21. The van der Waals surface area contributed by atoms with Crippen molar-refractivity contribution in [1.82, 2.24) is 5.32 Å². The zero-order valence-corrected chi connectivity index (χ0v) is 13.9. The lowest BCUT2D eigenvalue weighted by atomic mass is 10.0. The summed E-state index contributed by atoms with van der Waals surface area (Å²) in [6, 6.07) is 13.1. The molecule has 0 aliphatic heterocycles. The maximum atomic E-state index is 14.0. The predicted molar refractivity (Wildman–Crippen MR) is 91.2 cm³/mol. The van der Waals surface area contributed by atoms with Gasteiger partial charge in [0.25, 0.3) is 5.91 Å². The molecule has 132 valence electrons. The first-order valence-electron chi connectivity index (χ1n) is 7.90. The minimum Gasteiger partial charge on any atom is -0.496 e. The molecule has 0 aromatic heterocycles. The second-order valence-corrected chi connectivity index (χ2v) is 5.61. The summed E-state index contributed by atoms with van der Waals surface area (Å²) >= 11 is 0. The topological polar surface area (TPSA) is 75.6 Å². The molecular formula is C19H20FNO4. The Morgan fingerprint density at radius 1 is 1.16 bits per heavy atom. The smallest absolute Gasteiger partial charge is 0.303 e. The van der Waals surface area contributed by atoms with Gasteiger partial charge in [-0.3, -0.25) is 9.59 Å². The number of nitrogens with one attached hydrogen (secondary N) is 1. The van der Waals surface area contributed by atoms with Crippen LogP contribution in [-0.4, -0.2) is 30.1 Å². The van der Waals surface area contributed by atoms with E-state index >= 15 is 0 Å². The minimum absolute atomic E-state index is 0.0911. The van der Waals surface area contributed by atoms with E-state index in [2.05, 4.69) is 5.32 Å². The maximum absolute atomic E-state index is 14.0. The molecule has 0 heterocycles. The maximum Gasteiger partial charge on any atom is 0.303 e. The number of hydrogen-bond donors (Lipinski definition) is 2. The van der Waals surface area contributed by atoms with E-state index in [4.69, 9.17) is 9.84 Å². The second kappa shape index (κ2) is 8.82. The average Bonchev–Trinajstić information content (AvgIpc) is 2.60. The van der Waals surface area contributed by atoms with Crippen molar-refractivity contribution in [2.45, 2.75) is 25.3 Å². The Kier molecular flexibility index (Phi) is 6.51. The third kappa shape index (κ3) is 5.31. The first-order valence-corrected chi connectivity index (χ1v) is 7.90. The van der Waals surface area contributed by atoms with Gasteiger partial charge in [-0.1, -0.05) is 36.4 Å². The predicted octanol–water partition coefficient (Wildman–Crippen LogP) is 3.04. The number of rotatable bonds is 8. The third-order valence-electron chi connectivity index (χ3n) is 3.79. The van der Waals surface area contributed by atoms with E-state index in [1.165, 1.54) is 25.3 Å². The van der Waals surface area contributed by atoms with Gasteiger partial charge >= 0.3 is 5.97 Å². The normalized spacial score (nSPS) is 11.6. The van der Waals surface area contributed by atoms with Gasteiger partial charge in [0.15, 0.2) is 0 Å². The van der Waals surface area contributed by atoms with E-state index in [9.17, 15) is 14.0 Å². The SMILES string of the molecule is COc1cccc(F)c1C(=O)NC(CCC(=O)O)Cc1ccccc1. The minimum atomic E-state index is -0.948. The zero-order valence-electron chi connectivity index (χ0n) is 13.9. The summed E-state index contributed by atoms with van der Waals surface area (Å²) < 4.78 is 19.1. The molecular weight excluding hydrogens is 325 g/mol. The molecule has 6 heteroatoms. The lowest BCUT2D eigenvalue weighted by molar-refractivity contribution is -0.137. The van der Waals surface area contributed by atoms with Gasteiger partial charge in [-0.05, 0) is 30.5 Å². The molecule has 2 rings (SSSR count). The number of methoxy groups -OCH3 is 1. The van der Waals surface area contributed by atoms with Crippen molar-refractivity contribution in [1.29, 1.82) is 0 Å².